The lowest BCUT2D eigenvalue weighted by Crippen LogP contribution is -2.45. The maximum Gasteiger partial charge on any atom is 0.157 e. The first-order valence-electron chi connectivity index (χ1n) is 9.92. The van der Waals surface area contributed by atoms with Gasteiger partial charge >= 0.3 is 0 Å². The number of fused-ring (bicyclic) bond motifs is 1. The number of rotatable bonds is 6. The summed E-state index contributed by atoms with van der Waals surface area (Å²) >= 11 is 6.06. The minimum atomic E-state index is -0.0527. The summed E-state index contributed by atoms with van der Waals surface area (Å²) in [4.78, 5) is 11.4. The van der Waals surface area contributed by atoms with E-state index in [0.717, 1.165) is 68.6 Å². The Morgan fingerprint density at radius 2 is 2.11 bits per heavy atom. The third-order valence-electron chi connectivity index (χ3n) is 5.34. The molecule has 6 nitrogen and oxygen atoms in total. The van der Waals surface area contributed by atoms with Gasteiger partial charge in [0.15, 0.2) is 6.29 Å². The Hall–Kier alpha value is -1.47. The quantitative estimate of drug-likeness (QED) is 0.763. The van der Waals surface area contributed by atoms with Gasteiger partial charge in [0, 0.05) is 36.8 Å². The second kappa shape index (κ2) is 9.15. The van der Waals surface area contributed by atoms with E-state index in [1.807, 2.05) is 6.07 Å². The third-order valence-corrected chi connectivity index (χ3v) is 5.55. The van der Waals surface area contributed by atoms with E-state index >= 15 is 0 Å². The molecule has 1 unspecified atom stereocenters. The minimum absolute atomic E-state index is 0.0527. The van der Waals surface area contributed by atoms with Gasteiger partial charge < -0.3 is 19.7 Å². The maximum atomic E-state index is 6.06. The number of nitrogens with one attached hydrogen (secondary N) is 1. The lowest BCUT2D eigenvalue weighted by molar-refractivity contribution is -0.160. The van der Waals surface area contributed by atoms with Gasteiger partial charge in [-0.05, 0) is 57.3 Å². The van der Waals surface area contributed by atoms with Crippen molar-refractivity contribution in [3.8, 4) is 0 Å². The first kappa shape index (κ1) is 18.9. The van der Waals surface area contributed by atoms with Crippen LogP contribution in [0.4, 0.5) is 5.82 Å². The molecule has 1 atom stereocenters. The monoisotopic (exact) mass is 390 g/mol. The average molecular weight is 391 g/mol. The number of nitrogens with zero attached hydrogens (tertiary/aromatic N) is 3. The predicted molar refractivity (Wildman–Crippen MR) is 107 cm³/mol. The Morgan fingerprint density at radius 1 is 1.22 bits per heavy atom. The zero-order valence-corrected chi connectivity index (χ0v) is 16.3. The van der Waals surface area contributed by atoms with Crippen LogP contribution in [0.15, 0.2) is 24.4 Å². The number of ether oxygens (including phenoxy) is 2. The van der Waals surface area contributed by atoms with Crippen molar-refractivity contribution in [2.45, 2.75) is 44.4 Å². The molecule has 0 amide bonds. The number of hydrogen-bond acceptors (Lipinski definition) is 6. The summed E-state index contributed by atoms with van der Waals surface area (Å²) in [6.07, 6.45) is 7.25. The molecule has 146 valence electrons. The number of piperidine rings is 1. The summed E-state index contributed by atoms with van der Waals surface area (Å²) < 4.78 is 11.7. The summed E-state index contributed by atoms with van der Waals surface area (Å²) in [6.45, 7) is 4.34. The Morgan fingerprint density at radius 3 is 2.93 bits per heavy atom. The number of pyridine rings is 2. The summed E-state index contributed by atoms with van der Waals surface area (Å²) in [5.41, 5.74) is 0.878. The molecule has 0 radical (unpaired) electrons. The third kappa shape index (κ3) is 4.88. The van der Waals surface area contributed by atoms with E-state index < -0.39 is 0 Å². The van der Waals surface area contributed by atoms with Crippen LogP contribution in [-0.4, -0.2) is 55.1 Å². The van der Waals surface area contributed by atoms with Crippen LogP contribution in [-0.2, 0) is 9.47 Å². The highest BCUT2D eigenvalue weighted by atomic mass is 35.5. The van der Waals surface area contributed by atoms with Crippen molar-refractivity contribution < 1.29 is 9.47 Å². The zero-order valence-electron chi connectivity index (χ0n) is 15.6. The van der Waals surface area contributed by atoms with E-state index in [1.54, 1.807) is 6.20 Å². The second-order valence-electron chi connectivity index (χ2n) is 7.21. The molecule has 2 fully saturated rings. The number of aromatic nitrogens is 2. The standard InChI is InChI=1S/C20H27ClN4O2/c21-18-13-17-15(14-23-18)4-5-19(24-17)25(16-6-8-22-9-7-16)10-12-27-20-3-1-2-11-26-20/h4-5,13-14,16,20,22H,1-3,6-12H2. The zero-order chi connectivity index (χ0) is 18.5. The van der Waals surface area contributed by atoms with Crippen LogP contribution >= 0.6 is 11.6 Å². The molecule has 27 heavy (non-hydrogen) atoms. The molecule has 2 aromatic heterocycles. The lowest BCUT2D eigenvalue weighted by Gasteiger charge is -2.36. The van der Waals surface area contributed by atoms with Crippen molar-refractivity contribution in [2.24, 2.45) is 0 Å². The first-order chi connectivity index (χ1) is 13.3. The van der Waals surface area contributed by atoms with Crippen molar-refractivity contribution in [2.75, 3.05) is 37.7 Å². The normalized spacial score (nSPS) is 21.4. The molecule has 4 rings (SSSR count). The second-order valence-corrected chi connectivity index (χ2v) is 7.60. The molecule has 0 bridgehead atoms. The van der Waals surface area contributed by atoms with Gasteiger partial charge in [0.1, 0.15) is 11.0 Å². The topological polar surface area (TPSA) is 59.5 Å². The van der Waals surface area contributed by atoms with Crippen molar-refractivity contribution in [3.63, 3.8) is 0 Å². The van der Waals surface area contributed by atoms with E-state index in [9.17, 15) is 0 Å². The highest BCUT2D eigenvalue weighted by Gasteiger charge is 2.23. The largest absolute Gasteiger partial charge is 0.353 e. The Bertz CT molecular complexity index is 748. The van der Waals surface area contributed by atoms with Crippen LogP contribution in [0.25, 0.3) is 10.9 Å². The van der Waals surface area contributed by atoms with E-state index in [4.69, 9.17) is 26.1 Å². The Kier molecular flexibility index (Phi) is 6.39. The van der Waals surface area contributed by atoms with Crippen LogP contribution in [0, 0.1) is 0 Å². The van der Waals surface area contributed by atoms with E-state index in [1.165, 1.54) is 6.42 Å². The molecule has 2 aliphatic heterocycles. The van der Waals surface area contributed by atoms with Gasteiger partial charge in [0.2, 0.25) is 0 Å². The first-order valence-corrected chi connectivity index (χ1v) is 10.3. The smallest absolute Gasteiger partial charge is 0.157 e. The minimum Gasteiger partial charge on any atom is -0.353 e. The molecule has 0 spiro atoms. The van der Waals surface area contributed by atoms with Crippen LogP contribution in [0.2, 0.25) is 5.15 Å². The van der Waals surface area contributed by atoms with Gasteiger partial charge in [0.05, 0.1) is 12.1 Å². The number of hydrogen-bond donors (Lipinski definition) is 1. The van der Waals surface area contributed by atoms with Gasteiger partial charge in [-0.1, -0.05) is 11.6 Å². The molecule has 7 heteroatoms. The van der Waals surface area contributed by atoms with Crippen molar-refractivity contribution in [1.29, 1.82) is 0 Å². The highest BCUT2D eigenvalue weighted by molar-refractivity contribution is 6.29. The van der Waals surface area contributed by atoms with Gasteiger partial charge in [0.25, 0.3) is 0 Å². The highest BCUT2D eigenvalue weighted by Crippen LogP contribution is 2.24. The molecule has 2 aliphatic rings. The van der Waals surface area contributed by atoms with E-state index in [2.05, 4.69) is 27.3 Å². The van der Waals surface area contributed by atoms with Crippen LogP contribution in [0.3, 0.4) is 0 Å². The summed E-state index contributed by atoms with van der Waals surface area (Å²) in [5, 5.41) is 4.91. The molecule has 1 N–H and O–H groups in total. The Balaban J connectivity index is 1.49. The number of anilines is 1. The molecule has 0 aromatic carbocycles. The van der Waals surface area contributed by atoms with Crippen molar-refractivity contribution in [1.82, 2.24) is 15.3 Å². The molecule has 0 aliphatic carbocycles. The van der Waals surface area contributed by atoms with E-state index in [-0.39, 0.29) is 6.29 Å². The van der Waals surface area contributed by atoms with Crippen LogP contribution in [0.5, 0.6) is 0 Å². The maximum absolute atomic E-state index is 6.06. The van der Waals surface area contributed by atoms with Gasteiger partial charge in [-0.25, -0.2) is 9.97 Å². The SMILES string of the molecule is Clc1cc2nc(N(CCOC3CCCCO3)C3CCNCC3)ccc2cn1. The fourth-order valence-corrected chi connectivity index (χ4v) is 4.02. The summed E-state index contributed by atoms with van der Waals surface area (Å²) in [5.74, 6) is 0.977. The molecule has 2 saturated heterocycles. The molecule has 0 saturated carbocycles. The van der Waals surface area contributed by atoms with E-state index in [0.29, 0.717) is 17.8 Å². The Labute approximate surface area is 165 Å². The van der Waals surface area contributed by atoms with Crippen molar-refractivity contribution in [3.05, 3.63) is 29.5 Å². The molecule has 4 heterocycles. The van der Waals surface area contributed by atoms with Crippen LogP contribution < -0.4 is 10.2 Å². The number of halogens is 1. The van der Waals surface area contributed by atoms with Crippen molar-refractivity contribution >= 4 is 28.3 Å². The summed E-state index contributed by atoms with van der Waals surface area (Å²) in [7, 11) is 0. The average Bonchev–Trinajstić information content (AvgIpc) is 2.72. The fraction of sp³-hybridized carbons (Fsp3) is 0.600. The van der Waals surface area contributed by atoms with Crippen LogP contribution in [0.1, 0.15) is 32.1 Å². The molecular formula is C20H27ClN4O2. The van der Waals surface area contributed by atoms with Gasteiger partial charge in [-0.15, -0.1) is 0 Å². The molecule has 2 aromatic rings. The lowest BCUT2D eigenvalue weighted by atomic mass is 10.0. The summed E-state index contributed by atoms with van der Waals surface area (Å²) in [6, 6.07) is 6.44. The fourth-order valence-electron chi connectivity index (χ4n) is 3.87. The molecular weight excluding hydrogens is 364 g/mol. The predicted octanol–water partition coefficient (Wildman–Crippen LogP) is 3.38. The van der Waals surface area contributed by atoms with Gasteiger partial charge in [-0.2, -0.15) is 0 Å². The van der Waals surface area contributed by atoms with Gasteiger partial charge in [-0.3, -0.25) is 0 Å².